The number of hydrogen-bond acceptors (Lipinski definition) is 7. The zero-order valence-electron chi connectivity index (χ0n) is 24.7. The van der Waals surface area contributed by atoms with Gasteiger partial charge in [0.05, 0.1) is 41.6 Å². The number of rotatable bonds is 8. The molecule has 4 rings (SSSR count). The predicted molar refractivity (Wildman–Crippen MR) is 170 cm³/mol. The number of aryl methyl sites for hydroxylation is 1. The fourth-order valence-corrected chi connectivity index (χ4v) is 6.05. The van der Waals surface area contributed by atoms with Gasteiger partial charge in [-0.1, -0.05) is 43.3 Å². The second-order valence-corrected chi connectivity index (χ2v) is 12.8. The van der Waals surface area contributed by atoms with E-state index in [4.69, 9.17) is 0 Å². The molecule has 228 valence electrons. The summed E-state index contributed by atoms with van der Waals surface area (Å²) in [6, 6.07) is 15.7. The third kappa shape index (κ3) is 6.99. The maximum Gasteiger partial charge on any atom is 0.252 e. The van der Waals surface area contributed by atoms with Gasteiger partial charge in [-0.15, -0.1) is 12.4 Å². The van der Waals surface area contributed by atoms with Crippen molar-refractivity contribution < 1.29 is 22.8 Å². The summed E-state index contributed by atoms with van der Waals surface area (Å²) < 4.78 is 24.4. The van der Waals surface area contributed by atoms with Gasteiger partial charge in [-0.05, 0) is 67.4 Å². The first kappa shape index (κ1) is 33.5. The zero-order chi connectivity index (χ0) is 30.8. The van der Waals surface area contributed by atoms with Crippen molar-refractivity contribution in [2.45, 2.75) is 51.9 Å². The van der Waals surface area contributed by atoms with Gasteiger partial charge in [-0.2, -0.15) is 5.26 Å². The lowest BCUT2D eigenvalue weighted by atomic mass is 9.98. The van der Waals surface area contributed by atoms with Crippen LogP contribution in [-0.4, -0.2) is 63.3 Å². The van der Waals surface area contributed by atoms with Crippen LogP contribution < -0.4 is 20.4 Å². The van der Waals surface area contributed by atoms with Crippen molar-refractivity contribution in [1.82, 2.24) is 10.6 Å². The van der Waals surface area contributed by atoms with Crippen LogP contribution >= 0.6 is 12.4 Å². The van der Waals surface area contributed by atoms with Crippen molar-refractivity contribution in [1.29, 1.82) is 5.26 Å². The molecule has 0 spiro atoms. The second kappa shape index (κ2) is 13.5. The second-order valence-electron chi connectivity index (χ2n) is 10.6. The van der Waals surface area contributed by atoms with E-state index in [9.17, 15) is 28.1 Å². The number of anilines is 2. The number of hydrogen-bond donors (Lipinski definition) is 2. The van der Waals surface area contributed by atoms with Crippen molar-refractivity contribution in [3.05, 3.63) is 71.3 Å². The molecule has 0 fully saturated rings. The van der Waals surface area contributed by atoms with E-state index in [0.29, 0.717) is 12.1 Å². The Morgan fingerprint density at radius 3 is 2.42 bits per heavy atom. The number of nitrogens with one attached hydrogen (secondary N) is 2. The van der Waals surface area contributed by atoms with Gasteiger partial charge in [0.2, 0.25) is 11.8 Å². The Hall–Kier alpha value is -3.98. The van der Waals surface area contributed by atoms with Crippen LogP contribution in [0.1, 0.15) is 37.0 Å². The molecule has 3 aromatic rings. The summed E-state index contributed by atoms with van der Waals surface area (Å²) in [5, 5.41) is 17.4. The van der Waals surface area contributed by atoms with E-state index in [1.165, 1.54) is 15.9 Å². The predicted octanol–water partition coefficient (Wildman–Crippen LogP) is 3.24. The number of carbonyl (C=O) groups excluding carboxylic acids is 3. The topological polar surface area (TPSA) is 140 Å². The largest absolute Gasteiger partial charge is 0.341 e. The van der Waals surface area contributed by atoms with E-state index >= 15 is 0 Å². The molecule has 0 radical (unpaired) electrons. The average Bonchev–Trinajstić information content (AvgIpc) is 3.02. The minimum Gasteiger partial charge on any atom is -0.341 e. The number of nitriles is 1. The van der Waals surface area contributed by atoms with E-state index in [-0.39, 0.29) is 30.2 Å². The first-order chi connectivity index (χ1) is 19.9. The van der Waals surface area contributed by atoms with Crippen LogP contribution in [0.4, 0.5) is 11.4 Å². The lowest BCUT2D eigenvalue weighted by Crippen LogP contribution is -2.60. The van der Waals surface area contributed by atoms with Gasteiger partial charge in [-0.25, -0.2) is 8.42 Å². The molecule has 3 aromatic carbocycles. The molecule has 1 aliphatic rings. The molecule has 1 heterocycles. The quantitative estimate of drug-likeness (QED) is 0.392. The van der Waals surface area contributed by atoms with Crippen LogP contribution in [0.3, 0.4) is 0 Å². The van der Waals surface area contributed by atoms with E-state index in [0.717, 1.165) is 28.2 Å². The lowest BCUT2D eigenvalue weighted by Gasteiger charge is -2.33. The first-order valence-electron chi connectivity index (χ1n) is 13.7. The van der Waals surface area contributed by atoms with Gasteiger partial charge < -0.3 is 20.4 Å². The standard InChI is InChI=1S/C31H35N5O5S.ClH/c1-6-25(33-4)30(38)34-29-20(3)36(28(37)18-42(5,40)41)27-15-21(16-32)12-14-26(27)35(31(29)39)17-24-19(2)11-13-22-9-7-8-10-23(22)24;/h7-15,20,25,29,33H,6,17-18H2,1-5H3,(H,34,38);1H/t20-,25-,29-;/m0./s1. The van der Waals surface area contributed by atoms with Crippen LogP contribution in [0.25, 0.3) is 10.8 Å². The molecule has 0 aliphatic carbocycles. The minimum atomic E-state index is -3.75. The van der Waals surface area contributed by atoms with Gasteiger partial charge in [0.25, 0.3) is 5.91 Å². The number of fused-ring (bicyclic) bond motifs is 2. The minimum absolute atomic E-state index is 0. The fraction of sp³-hybridized carbons (Fsp3) is 0.355. The highest BCUT2D eigenvalue weighted by Gasteiger charge is 2.43. The maximum atomic E-state index is 14.5. The smallest absolute Gasteiger partial charge is 0.252 e. The molecule has 10 nitrogen and oxygen atoms in total. The molecule has 0 saturated heterocycles. The maximum absolute atomic E-state index is 14.5. The van der Waals surface area contributed by atoms with Crippen molar-refractivity contribution in [2.24, 2.45) is 0 Å². The van der Waals surface area contributed by atoms with Crippen LogP contribution in [0.15, 0.2) is 54.6 Å². The Kier molecular flexibility index (Phi) is 10.6. The average molecular weight is 626 g/mol. The van der Waals surface area contributed by atoms with Gasteiger partial charge in [0.1, 0.15) is 11.8 Å². The van der Waals surface area contributed by atoms with E-state index in [2.05, 4.69) is 16.7 Å². The molecule has 3 atom stereocenters. The van der Waals surface area contributed by atoms with Crippen molar-refractivity contribution in [3.8, 4) is 6.07 Å². The van der Waals surface area contributed by atoms with E-state index < -0.39 is 51.4 Å². The number of amides is 3. The van der Waals surface area contributed by atoms with Crippen LogP contribution in [0.5, 0.6) is 0 Å². The van der Waals surface area contributed by atoms with Gasteiger partial charge >= 0.3 is 0 Å². The van der Waals surface area contributed by atoms with Crippen molar-refractivity contribution >= 4 is 62.1 Å². The lowest BCUT2D eigenvalue weighted by molar-refractivity contribution is -0.129. The van der Waals surface area contributed by atoms with Crippen molar-refractivity contribution in [2.75, 3.05) is 28.9 Å². The Balaban J connectivity index is 0.00000506. The first-order valence-corrected chi connectivity index (χ1v) is 15.8. The van der Waals surface area contributed by atoms with Gasteiger partial charge in [-0.3, -0.25) is 14.4 Å². The normalized spacial score (nSPS) is 17.3. The molecule has 0 unspecified atom stereocenters. The number of likely N-dealkylation sites (N-methyl/N-ethyl adjacent to an activating group) is 1. The van der Waals surface area contributed by atoms with Gasteiger partial charge in [0.15, 0.2) is 9.84 Å². The van der Waals surface area contributed by atoms with E-state index in [1.807, 2.05) is 50.2 Å². The summed E-state index contributed by atoms with van der Waals surface area (Å²) in [6.45, 7) is 5.49. The van der Waals surface area contributed by atoms with Crippen molar-refractivity contribution in [3.63, 3.8) is 0 Å². The SMILES string of the molecule is CC[C@H](NC)C(=O)N[C@@H]1C(=O)N(Cc2c(C)ccc3ccccc23)c2ccc(C#N)cc2N(C(=O)CS(C)(=O)=O)[C@H]1C.Cl. The van der Waals surface area contributed by atoms with Crippen LogP contribution in [0.2, 0.25) is 0 Å². The summed E-state index contributed by atoms with van der Waals surface area (Å²) in [4.78, 5) is 44.1. The van der Waals surface area contributed by atoms with Gasteiger partial charge in [0, 0.05) is 6.26 Å². The molecule has 0 aromatic heterocycles. The zero-order valence-corrected chi connectivity index (χ0v) is 26.4. The molecule has 3 amide bonds. The summed E-state index contributed by atoms with van der Waals surface area (Å²) >= 11 is 0. The third-order valence-electron chi connectivity index (χ3n) is 7.69. The molecule has 0 bridgehead atoms. The third-order valence-corrected chi connectivity index (χ3v) is 8.46. The Morgan fingerprint density at radius 1 is 1.09 bits per heavy atom. The molecule has 12 heteroatoms. The number of nitrogens with zero attached hydrogens (tertiary/aromatic N) is 3. The summed E-state index contributed by atoms with van der Waals surface area (Å²) in [6.07, 6.45) is 1.41. The Morgan fingerprint density at radius 2 is 1.79 bits per heavy atom. The monoisotopic (exact) mass is 625 g/mol. The number of sulfone groups is 1. The molecule has 2 N–H and O–H groups in total. The Bertz CT molecular complexity index is 1700. The molecule has 0 saturated carbocycles. The molecular formula is C31H36ClN5O5S. The molecule has 43 heavy (non-hydrogen) atoms. The number of benzene rings is 3. The highest BCUT2D eigenvalue weighted by molar-refractivity contribution is 7.91. The number of halogens is 1. The number of carbonyl (C=O) groups is 3. The highest BCUT2D eigenvalue weighted by Crippen LogP contribution is 2.38. The van der Waals surface area contributed by atoms with Crippen LogP contribution in [-0.2, 0) is 30.8 Å². The fourth-order valence-electron chi connectivity index (χ4n) is 5.46. The molecular weight excluding hydrogens is 590 g/mol. The summed E-state index contributed by atoms with van der Waals surface area (Å²) in [5.74, 6) is -2.46. The van der Waals surface area contributed by atoms with Crippen LogP contribution in [0, 0.1) is 18.3 Å². The summed E-state index contributed by atoms with van der Waals surface area (Å²) in [7, 11) is -2.10. The Labute approximate surface area is 258 Å². The highest BCUT2D eigenvalue weighted by atomic mass is 35.5. The van der Waals surface area contributed by atoms with E-state index in [1.54, 1.807) is 26.1 Å². The summed E-state index contributed by atoms with van der Waals surface area (Å²) in [5.41, 5.74) is 2.61. The molecule has 1 aliphatic heterocycles.